The van der Waals surface area contributed by atoms with E-state index in [1.807, 2.05) is 48.5 Å². The molecule has 0 N–H and O–H groups in total. The van der Waals surface area contributed by atoms with Crippen LogP contribution in [-0.2, 0) is 0 Å². The van der Waals surface area contributed by atoms with E-state index in [9.17, 15) is 15.8 Å². The summed E-state index contributed by atoms with van der Waals surface area (Å²) in [6.45, 7) is 18.7. The zero-order chi connectivity index (χ0) is 34.2. The maximum Gasteiger partial charge on any atom is 0.189 e. The molecule has 0 fully saturated rings. The molecule has 2 heterocycles. The largest absolute Gasteiger partial charge is 0.309 e. The molecule has 0 spiro atoms. The lowest BCUT2D eigenvalue weighted by Crippen LogP contribution is -2.02. The molecule has 0 saturated carbocycles. The molecule has 49 heavy (non-hydrogen) atoms. The van der Waals surface area contributed by atoms with Crippen LogP contribution in [0.3, 0.4) is 0 Å². The molecule has 7 aromatic rings. The molecule has 9 heteroatoms. The second-order valence-corrected chi connectivity index (χ2v) is 11.4. The first-order valence-corrected chi connectivity index (χ1v) is 15.0. The maximum absolute atomic E-state index is 10.1. The van der Waals surface area contributed by atoms with Crippen LogP contribution in [0.1, 0.15) is 28.3 Å². The van der Waals surface area contributed by atoms with Gasteiger partial charge in [0.05, 0.1) is 47.9 Å². The van der Waals surface area contributed by atoms with E-state index in [0.717, 1.165) is 49.7 Å². The third-order valence-corrected chi connectivity index (χ3v) is 8.27. The van der Waals surface area contributed by atoms with Crippen LogP contribution in [0.25, 0.3) is 70.8 Å². The number of hydrogen-bond acceptors (Lipinski definition) is 6. The standard InChI is InChI=1S/C40H21N9/c1-23-46-24(2)48-40(47-23)37-19-34(8-5-29(37)22-43)49-38-17-27(30-11-25(20-41)13-32(15-30)44-3)6-9-35(38)36-10-7-28(18-39(36)49)31-12-26(21-42)14-33(16-31)45-4/h5-19H,1-2H3. The molecule has 2 aromatic heterocycles. The Bertz CT molecular complexity index is 2540. The highest BCUT2D eigenvalue weighted by molar-refractivity contribution is 6.11. The second kappa shape index (κ2) is 11.9. The molecule has 0 amide bonds. The van der Waals surface area contributed by atoms with Crippen LogP contribution in [0.2, 0.25) is 0 Å². The normalized spacial score (nSPS) is 10.6. The van der Waals surface area contributed by atoms with Gasteiger partial charge < -0.3 is 4.57 Å². The summed E-state index contributed by atoms with van der Waals surface area (Å²) < 4.78 is 2.09. The summed E-state index contributed by atoms with van der Waals surface area (Å²) in [5.74, 6) is 1.48. The molecule has 0 saturated heterocycles. The Labute approximate surface area is 281 Å². The van der Waals surface area contributed by atoms with Crippen molar-refractivity contribution in [3.8, 4) is 57.5 Å². The first kappa shape index (κ1) is 30.0. The summed E-state index contributed by atoms with van der Waals surface area (Å²) in [5, 5.41) is 31.3. The average Bonchev–Trinajstić information content (AvgIpc) is 3.46. The summed E-state index contributed by atoms with van der Waals surface area (Å²) in [4.78, 5) is 20.5. The second-order valence-electron chi connectivity index (χ2n) is 11.4. The van der Waals surface area contributed by atoms with Crippen molar-refractivity contribution < 1.29 is 0 Å². The Morgan fingerprint density at radius 2 is 1.10 bits per heavy atom. The van der Waals surface area contributed by atoms with Gasteiger partial charge >= 0.3 is 0 Å². The van der Waals surface area contributed by atoms with Gasteiger partial charge in [-0.05, 0) is 103 Å². The number of rotatable bonds is 4. The first-order valence-electron chi connectivity index (χ1n) is 15.0. The molecule has 0 aliphatic carbocycles. The third-order valence-electron chi connectivity index (χ3n) is 8.27. The van der Waals surface area contributed by atoms with Gasteiger partial charge in [0.1, 0.15) is 11.6 Å². The molecule has 0 aliphatic rings. The number of nitriles is 3. The van der Waals surface area contributed by atoms with Crippen molar-refractivity contribution >= 4 is 33.2 Å². The van der Waals surface area contributed by atoms with E-state index in [-0.39, 0.29) is 0 Å². The summed E-state index contributed by atoms with van der Waals surface area (Å²) in [7, 11) is 0. The van der Waals surface area contributed by atoms with Crippen molar-refractivity contribution in [1.29, 1.82) is 15.8 Å². The lowest BCUT2D eigenvalue weighted by atomic mass is 9.99. The minimum absolute atomic E-state index is 0.373. The van der Waals surface area contributed by atoms with E-state index in [1.54, 1.807) is 56.3 Å². The number of hydrogen-bond donors (Lipinski definition) is 0. The van der Waals surface area contributed by atoms with Gasteiger partial charge in [-0.25, -0.2) is 24.6 Å². The zero-order valence-electron chi connectivity index (χ0n) is 26.2. The van der Waals surface area contributed by atoms with Crippen molar-refractivity contribution in [1.82, 2.24) is 19.5 Å². The lowest BCUT2D eigenvalue weighted by molar-refractivity contribution is 0.927. The Morgan fingerprint density at radius 1 is 0.571 bits per heavy atom. The van der Waals surface area contributed by atoms with Crippen LogP contribution in [0, 0.1) is 61.0 Å². The molecule has 0 radical (unpaired) electrons. The van der Waals surface area contributed by atoms with Crippen molar-refractivity contribution in [2.24, 2.45) is 0 Å². The van der Waals surface area contributed by atoms with E-state index in [4.69, 9.17) is 13.1 Å². The van der Waals surface area contributed by atoms with Gasteiger partial charge in [-0.3, -0.25) is 0 Å². The fourth-order valence-electron chi connectivity index (χ4n) is 6.16. The van der Waals surface area contributed by atoms with Crippen molar-refractivity contribution in [2.75, 3.05) is 0 Å². The van der Waals surface area contributed by atoms with Gasteiger partial charge in [0.15, 0.2) is 17.2 Å². The van der Waals surface area contributed by atoms with Crippen molar-refractivity contribution in [3.63, 3.8) is 0 Å². The Balaban J connectivity index is 1.55. The number of nitrogens with zero attached hydrogens (tertiary/aromatic N) is 9. The zero-order valence-corrected chi connectivity index (χ0v) is 26.2. The molecule has 0 unspecified atom stereocenters. The van der Waals surface area contributed by atoms with Gasteiger partial charge in [0, 0.05) is 33.2 Å². The minimum atomic E-state index is 0.373. The molecule has 5 aromatic carbocycles. The van der Waals surface area contributed by atoms with E-state index in [2.05, 4.69) is 47.4 Å². The number of benzene rings is 5. The molecule has 0 atom stereocenters. The molecule has 7 rings (SSSR count). The van der Waals surface area contributed by atoms with Gasteiger partial charge in [-0.15, -0.1) is 0 Å². The molecule has 0 aliphatic heterocycles. The fraction of sp³-hybridized carbons (Fsp3) is 0.0500. The predicted molar refractivity (Wildman–Crippen MR) is 187 cm³/mol. The van der Waals surface area contributed by atoms with Crippen LogP contribution in [-0.4, -0.2) is 19.5 Å². The van der Waals surface area contributed by atoms with Crippen LogP contribution in [0.5, 0.6) is 0 Å². The fourth-order valence-corrected chi connectivity index (χ4v) is 6.16. The van der Waals surface area contributed by atoms with E-state index in [1.165, 1.54) is 0 Å². The highest BCUT2D eigenvalue weighted by Gasteiger charge is 2.18. The lowest BCUT2D eigenvalue weighted by Gasteiger charge is -2.13. The summed E-state index contributed by atoms with van der Waals surface area (Å²) in [6.07, 6.45) is 0. The number of fused-ring (bicyclic) bond motifs is 3. The quantitative estimate of drug-likeness (QED) is 0.179. The van der Waals surface area contributed by atoms with Gasteiger partial charge in [0.25, 0.3) is 0 Å². The molecular formula is C40H21N9. The molecule has 226 valence electrons. The molecule has 9 nitrogen and oxygen atoms in total. The summed E-state index contributed by atoms with van der Waals surface area (Å²) in [5.41, 5.74) is 8.07. The highest BCUT2D eigenvalue weighted by Crippen LogP contribution is 2.39. The highest BCUT2D eigenvalue weighted by atomic mass is 15.0. The minimum Gasteiger partial charge on any atom is -0.309 e. The number of aromatic nitrogens is 4. The van der Waals surface area contributed by atoms with Crippen molar-refractivity contribution in [3.05, 3.63) is 142 Å². The van der Waals surface area contributed by atoms with Crippen LogP contribution in [0.15, 0.2) is 91.0 Å². The SMILES string of the molecule is [C-]#[N+]c1cc(C#N)cc(-c2ccc3c4ccc(-c5cc(C#N)cc([N+]#[C-])c5)cc4n(-c4ccc(C#N)c(-c5nc(C)nc(C)n5)c4)c3c2)c1. The maximum atomic E-state index is 10.1. The van der Waals surface area contributed by atoms with Crippen LogP contribution in [0.4, 0.5) is 11.4 Å². The van der Waals surface area contributed by atoms with Crippen molar-refractivity contribution in [2.45, 2.75) is 13.8 Å². The van der Waals surface area contributed by atoms with Gasteiger partial charge in [-0.1, -0.05) is 24.3 Å². The van der Waals surface area contributed by atoms with Crippen LogP contribution < -0.4 is 0 Å². The third kappa shape index (κ3) is 5.35. The Kier molecular flexibility index (Phi) is 7.32. The average molecular weight is 628 g/mol. The Hall–Kier alpha value is -7.64. The van der Waals surface area contributed by atoms with E-state index < -0.39 is 0 Å². The molecular weight excluding hydrogens is 607 g/mol. The van der Waals surface area contributed by atoms with Crippen LogP contribution >= 0.6 is 0 Å². The molecule has 0 bridgehead atoms. The smallest absolute Gasteiger partial charge is 0.189 e. The first-order chi connectivity index (χ1) is 23.8. The summed E-state index contributed by atoms with van der Waals surface area (Å²) in [6, 6.07) is 34.4. The summed E-state index contributed by atoms with van der Waals surface area (Å²) >= 11 is 0. The predicted octanol–water partition coefficient (Wildman–Crippen LogP) is 9.30. The Morgan fingerprint density at radius 3 is 1.57 bits per heavy atom. The van der Waals surface area contributed by atoms with E-state index in [0.29, 0.717) is 51.1 Å². The number of aryl methyl sites for hydroxylation is 2. The van der Waals surface area contributed by atoms with E-state index >= 15 is 0 Å². The van der Waals surface area contributed by atoms with Gasteiger partial charge in [0.2, 0.25) is 0 Å². The monoisotopic (exact) mass is 627 g/mol. The van der Waals surface area contributed by atoms with Gasteiger partial charge in [-0.2, -0.15) is 15.8 Å². The topological polar surface area (TPSA) is 124 Å².